The molecule has 3 rings (SSSR count). The van der Waals surface area contributed by atoms with Crippen LogP contribution in [0.15, 0.2) is 48.5 Å². The van der Waals surface area contributed by atoms with Crippen LogP contribution in [-0.4, -0.2) is 69.9 Å². The second-order valence-corrected chi connectivity index (χ2v) is 7.21. The first-order valence-electron chi connectivity index (χ1n) is 10.5. The molecule has 1 saturated heterocycles. The van der Waals surface area contributed by atoms with Gasteiger partial charge < -0.3 is 25.0 Å². The number of hydrogen-bond donors (Lipinski definition) is 2. The van der Waals surface area contributed by atoms with Crippen LogP contribution in [0, 0.1) is 0 Å². The normalized spacial score (nSPS) is 14.1. The van der Waals surface area contributed by atoms with E-state index in [1.165, 1.54) is 5.69 Å². The van der Waals surface area contributed by atoms with Gasteiger partial charge in [-0.05, 0) is 55.5 Å². The van der Waals surface area contributed by atoms with Gasteiger partial charge >= 0.3 is 12.0 Å². The molecule has 1 aliphatic heterocycles. The number of amides is 2. The number of carbonyl (C=O) groups is 2. The number of nitrogens with one attached hydrogen (secondary N) is 2. The highest BCUT2D eigenvalue weighted by atomic mass is 16.5. The van der Waals surface area contributed by atoms with Crippen molar-refractivity contribution in [3.63, 3.8) is 0 Å². The number of esters is 1. The quantitative estimate of drug-likeness (QED) is 0.632. The van der Waals surface area contributed by atoms with E-state index in [4.69, 9.17) is 9.47 Å². The molecule has 1 heterocycles. The summed E-state index contributed by atoms with van der Waals surface area (Å²) in [4.78, 5) is 28.5. The van der Waals surface area contributed by atoms with Crippen molar-refractivity contribution in [1.29, 1.82) is 0 Å². The SMILES string of the molecule is CCOC(=O)c1ccc(NC(=O)NCCN2CCN(c3ccc(OC)cc3)CC2)cc1. The van der Waals surface area contributed by atoms with E-state index >= 15 is 0 Å². The third-order valence-electron chi connectivity index (χ3n) is 5.18. The van der Waals surface area contributed by atoms with Gasteiger partial charge in [0.25, 0.3) is 0 Å². The number of ether oxygens (including phenoxy) is 2. The smallest absolute Gasteiger partial charge is 0.338 e. The fourth-order valence-corrected chi connectivity index (χ4v) is 3.43. The van der Waals surface area contributed by atoms with Crippen molar-refractivity contribution in [2.75, 3.05) is 63.2 Å². The lowest BCUT2D eigenvalue weighted by molar-refractivity contribution is 0.0526. The van der Waals surface area contributed by atoms with Crippen LogP contribution in [-0.2, 0) is 4.74 Å². The summed E-state index contributed by atoms with van der Waals surface area (Å²) in [5.41, 5.74) is 2.28. The van der Waals surface area contributed by atoms with Crippen LogP contribution >= 0.6 is 0 Å². The van der Waals surface area contributed by atoms with E-state index in [1.807, 2.05) is 12.1 Å². The zero-order valence-corrected chi connectivity index (χ0v) is 18.1. The Morgan fingerprint density at radius 3 is 2.26 bits per heavy atom. The summed E-state index contributed by atoms with van der Waals surface area (Å²) < 4.78 is 10.2. The van der Waals surface area contributed by atoms with Gasteiger partial charge in [0.15, 0.2) is 0 Å². The number of methoxy groups -OCH3 is 1. The summed E-state index contributed by atoms with van der Waals surface area (Å²) in [6.45, 7) is 7.25. The highest BCUT2D eigenvalue weighted by Gasteiger charge is 2.17. The van der Waals surface area contributed by atoms with Crippen molar-refractivity contribution >= 4 is 23.4 Å². The lowest BCUT2D eigenvalue weighted by atomic mass is 10.2. The number of benzene rings is 2. The number of rotatable bonds is 8. The molecule has 2 amide bonds. The minimum atomic E-state index is -0.370. The Kier molecular flexibility index (Phi) is 8.12. The van der Waals surface area contributed by atoms with E-state index in [0.29, 0.717) is 24.4 Å². The third kappa shape index (κ3) is 6.62. The Balaban J connectivity index is 1.35. The first-order valence-corrected chi connectivity index (χ1v) is 10.5. The summed E-state index contributed by atoms with van der Waals surface area (Å²) in [7, 11) is 1.67. The van der Waals surface area contributed by atoms with Crippen molar-refractivity contribution in [2.45, 2.75) is 6.92 Å². The van der Waals surface area contributed by atoms with E-state index in [2.05, 4.69) is 32.6 Å². The van der Waals surface area contributed by atoms with E-state index in [9.17, 15) is 9.59 Å². The van der Waals surface area contributed by atoms with E-state index in [0.717, 1.165) is 38.5 Å². The van der Waals surface area contributed by atoms with Crippen LogP contribution in [0.25, 0.3) is 0 Å². The van der Waals surface area contributed by atoms with Gasteiger partial charge in [-0.1, -0.05) is 0 Å². The molecule has 1 aliphatic rings. The maximum absolute atomic E-state index is 12.1. The van der Waals surface area contributed by atoms with E-state index in [-0.39, 0.29) is 12.0 Å². The predicted molar refractivity (Wildman–Crippen MR) is 121 cm³/mol. The van der Waals surface area contributed by atoms with Crippen molar-refractivity contribution in [2.24, 2.45) is 0 Å². The molecule has 0 aliphatic carbocycles. The minimum Gasteiger partial charge on any atom is -0.497 e. The molecule has 0 radical (unpaired) electrons. The Morgan fingerprint density at radius 1 is 0.968 bits per heavy atom. The van der Waals surface area contributed by atoms with E-state index < -0.39 is 0 Å². The maximum Gasteiger partial charge on any atom is 0.338 e. The molecule has 8 heteroatoms. The summed E-state index contributed by atoms with van der Waals surface area (Å²) in [6, 6.07) is 14.5. The van der Waals surface area contributed by atoms with Gasteiger partial charge in [-0.25, -0.2) is 9.59 Å². The van der Waals surface area contributed by atoms with Gasteiger partial charge in [-0.2, -0.15) is 0 Å². The number of urea groups is 1. The number of nitrogens with zero attached hydrogens (tertiary/aromatic N) is 2. The van der Waals surface area contributed by atoms with Crippen LogP contribution in [0.1, 0.15) is 17.3 Å². The molecule has 2 N–H and O–H groups in total. The standard InChI is InChI=1S/C23H30N4O4/c1-3-31-22(28)18-4-6-19(7-5-18)25-23(29)24-12-13-26-14-16-27(17-15-26)20-8-10-21(30-2)11-9-20/h4-11H,3,12-17H2,1-2H3,(H2,24,25,29). The number of hydrogen-bond acceptors (Lipinski definition) is 6. The average Bonchev–Trinajstić information content (AvgIpc) is 2.80. The molecule has 0 aromatic heterocycles. The average molecular weight is 427 g/mol. The first-order chi connectivity index (χ1) is 15.1. The molecular weight excluding hydrogens is 396 g/mol. The van der Waals surface area contributed by atoms with Crippen molar-refractivity contribution in [1.82, 2.24) is 10.2 Å². The maximum atomic E-state index is 12.1. The van der Waals surface area contributed by atoms with Crippen LogP contribution in [0.3, 0.4) is 0 Å². The lowest BCUT2D eigenvalue weighted by Crippen LogP contribution is -2.48. The van der Waals surface area contributed by atoms with Crippen molar-refractivity contribution in [3.05, 3.63) is 54.1 Å². The molecule has 8 nitrogen and oxygen atoms in total. The van der Waals surface area contributed by atoms with Gasteiger partial charge in [0.2, 0.25) is 0 Å². The van der Waals surface area contributed by atoms with Crippen LogP contribution in [0.5, 0.6) is 5.75 Å². The monoisotopic (exact) mass is 426 g/mol. The lowest BCUT2D eigenvalue weighted by Gasteiger charge is -2.36. The van der Waals surface area contributed by atoms with Crippen LogP contribution in [0.2, 0.25) is 0 Å². The Hall–Kier alpha value is -3.26. The molecule has 0 atom stereocenters. The molecule has 0 bridgehead atoms. The topological polar surface area (TPSA) is 83.1 Å². The minimum absolute atomic E-state index is 0.263. The van der Waals surface area contributed by atoms with Crippen LogP contribution < -0.4 is 20.3 Å². The Morgan fingerprint density at radius 2 is 1.65 bits per heavy atom. The third-order valence-corrected chi connectivity index (χ3v) is 5.18. The first kappa shape index (κ1) is 22.4. The molecule has 166 valence electrons. The summed E-state index contributed by atoms with van der Waals surface area (Å²) in [5, 5.41) is 5.66. The van der Waals surface area contributed by atoms with Gasteiger partial charge in [0.05, 0.1) is 19.3 Å². The zero-order chi connectivity index (χ0) is 22.1. The predicted octanol–water partition coefficient (Wildman–Crippen LogP) is 2.82. The van der Waals surface area contributed by atoms with Gasteiger partial charge in [-0.15, -0.1) is 0 Å². The summed E-state index contributed by atoms with van der Waals surface area (Å²) >= 11 is 0. The van der Waals surface area contributed by atoms with Gasteiger partial charge in [-0.3, -0.25) is 4.90 Å². The fraction of sp³-hybridized carbons (Fsp3) is 0.391. The zero-order valence-electron chi connectivity index (χ0n) is 18.1. The van der Waals surface area contributed by atoms with Crippen molar-refractivity contribution < 1.29 is 19.1 Å². The summed E-state index contributed by atoms with van der Waals surface area (Å²) in [5.74, 6) is 0.493. The largest absolute Gasteiger partial charge is 0.497 e. The molecule has 1 fully saturated rings. The Bertz CT molecular complexity index is 847. The molecule has 2 aromatic rings. The van der Waals surface area contributed by atoms with Crippen molar-refractivity contribution in [3.8, 4) is 5.75 Å². The molecule has 2 aromatic carbocycles. The second kappa shape index (κ2) is 11.2. The molecule has 0 spiro atoms. The number of anilines is 2. The molecular formula is C23H30N4O4. The Labute approximate surface area is 183 Å². The number of piperazine rings is 1. The number of carbonyl (C=O) groups excluding carboxylic acids is 2. The second-order valence-electron chi connectivity index (χ2n) is 7.21. The molecule has 0 unspecified atom stereocenters. The van der Waals surface area contributed by atoms with Crippen LogP contribution in [0.4, 0.5) is 16.2 Å². The van der Waals surface area contributed by atoms with Gasteiger partial charge in [0.1, 0.15) is 5.75 Å². The summed E-state index contributed by atoms with van der Waals surface area (Å²) in [6.07, 6.45) is 0. The molecule has 0 saturated carbocycles. The highest BCUT2D eigenvalue weighted by Crippen LogP contribution is 2.20. The fourth-order valence-electron chi connectivity index (χ4n) is 3.43. The highest BCUT2D eigenvalue weighted by molar-refractivity contribution is 5.92. The van der Waals surface area contributed by atoms with Gasteiger partial charge in [0, 0.05) is 50.6 Å². The molecule has 31 heavy (non-hydrogen) atoms. The van der Waals surface area contributed by atoms with E-state index in [1.54, 1.807) is 38.3 Å².